The van der Waals surface area contributed by atoms with Crippen LogP contribution in [0.25, 0.3) is 0 Å². The van der Waals surface area contributed by atoms with Gasteiger partial charge in [0.1, 0.15) is 0 Å². The molecule has 1 saturated carbocycles. The summed E-state index contributed by atoms with van der Waals surface area (Å²) in [7, 11) is 0. The number of nitrogens with zero attached hydrogens (tertiary/aromatic N) is 1. The van der Waals surface area contributed by atoms with Crippen molar-refractivity contribution in [2.24, 2.45) is 16.8 Å². The molecule has 3 N–H and O–H groups in total. The predicted molar refractivity (Wildman–Crippen MR) is 74.2 cm³/mol. The standard InChI is InChI=1S/C15H19F3N2O/c16-15(17,18)13-9-12(14(19)20-21)8-7-11(13)6-5-10-3-1-2-4-10/h7-10,21H,1-6H2,(H2,19,20). The molecule has 0 unspecified atom stereocenters. The Hall–Kier alpha value is -1.72. The van der Waals surface area contributed by atoms with Crippen LogP contribution in [-0.2, 0) is 12.6 Å². The molecule has 0 amide bonds. The number of amidine groups is 1. The van der Waals surface area contributed by atoms with Gasteiger partial charge in [-0.3, -0.25) is 0 Å². The molecule has 6 heteroatoms. The number of oxime groups is 1. The van der Waals surface area contributed by atoms with Gasteiger partial charge in [-0.2, -0.15) is 13.2 Å². The number of halogens is 3. The fourth-order valence-corrected chi connectivity index (χ4v) is 2.93. The molecule has 116 valence electrons. The minimum atomic E-state index is -4.43. The van der Waals surface area contributed by atoms with Gasteiger partial charge in [-0.25, -0.2) is 0 Å². The van der Waals surface area contributed by atoms with Crippen LogP contribution in [0, 0.1) is 5.92 Å². The van der Waals surface area contributed by atoms with Crippen LogP contribution in [0.5, 0.6) is 0 Å². The van der Waals surface area contributed by atoms with Crippen molar-refractivity contribution in [2.45, 2.75) is 44.7 Å². The van der Waals surface area contributed by atoms with E-state index >= 15 is 0 Å². The molecule has 1 aliphatic carbocycles. The summed E-state index contributed by atoms with van der Waals surface area (Å²) in [5.74, 6) is 0.220. The summed E-state index contributed by atoms with van der Waals surface area (Å²) >= 11 is 0. The molecule has 1 aromatic rings. The fourth-order valence-electron chi connectivity index (χ4n) is 2.93. The van der Waals surface area contributed by atoms with Gasteiger partial charge in [0.15, 0.2) is 5.84 Å². The molecule has 0 spiro atoms. The van der Waals surface area contributed by atoms with E-state index in [1.807, 2.05) is 0 Å². The quantitative estimate of drug-likeness (QED) is 0.383. The van der Waals surface area contributed by atoms with E-state index in [1.54, 1.807) is 0 Å². The first-order valence-electron chi connectivity index (χ1n) is 7.10. The molecular weight excluding hydrogens is 281 g/mol. The van der Waals surface area contributed by atoms with Gasteiger partial charge in [-0.15, -0.1) is 0 Å². The van der Waals surface area contributed by atoms with Gasteiger partial charge in [0.25, 0.3) is 0 Å². The van der Waals surface area contributed by atoms with E-state index in [0.29, 0.717) is 12.3 Å². The van der Waals surface area contributed by atoms with Crippen molar-refractivity contribution in [1.82, 2.24) is 0 Å². The SMILES string of the molecule is NC(=NO)c1ccc(CCC2CCCC2)c(C(F)(F)F)c1. The summed E-state index contributed by atoms with van der Waals surface area (Å²) in [6, 6.07) is 3.86. The smallest absolute Gasteiger partial charge is 0.409 e. The van der Waals surface area contributed by atoms with Gasteiger partial charge in [-0.05, 0) is 30.4 Å². The van der Waals surface area contributed by atoms with E-state index in [2.05, 4.69) is 5.16 Å². The summed E-state index contributed by atoms with van der Waals surface area (Å²) in [6.45, 7) is 0. The van der Waals surface area contributed by atoms with Gasteiger partial charge in [0.05, 0.1) is 5.56 Å². The summed E-state index contributed by atoms with van der Waals surface area (Å²) in [5.41, 5.74) is 5.03. The average molecular weight is 300 g/mol. The zero-order valence-electron chi connectivity index (χ0n) is 11.7. The van der Waals surface area contributed by atoms with Crippen LogP contribution in [0.2, 0.25) is 0 Å². The average Bonchev–Trinajstić information content (AvgIpc) is 2.96. The Labute approximate surface area is 121 Å². The van der Waals surface area contributed by atoms with Crippen LogP contribution in [0.3, 0.4) is 0 Å². The van der Waals surface area contributed by atoms with Crippen LogP contribution >= 0.6 is 0 Å². The largest absolute Gasteiger partial charge is 0.416 e. The van der Waals surface area contributed by atoms with E-state index in [0.717, 1.165) is 25.3 Å². The highest BCUT2D eigenvalue weighted by molar-refractivity contribution is 5.97. The Balaban J connectivity index is 2.22. The van der Waals surface area contributed by atoms with Crippen LogP contribution in [0.15, 0.2) is 23.4 Å². The number of nitrogens with two attached hydrogens (primary N) is 1. The lowest BCUT2D eigenvalue weighted by molar-refractivity contribution is -0.138. The maximum absolute atomic E-state index is 13.2. The van der Waals surface area contributed by atoms with E-state index in [9.17, 15) is 13.2 Å². The molecule has 0 saturated heterocycles. The molecule has 0 aliphatic heterocycles. The van der Waals surface area contributed by atoms with Crippen LogP contribution < -0.4 is 5.73 Å². The molecule has 1 aliphatic rings. The van der Waals surface area contributed by atoms with Crippen molar-refractivity contribution in [3.8, 4) is 0 Å². The van der Waals surface area contributed by atoms with Crippen molar-refractivity contribution in [3.05, 3.63) is 34.9 Å². The lowest BCUT2D eigenvalue weighted by Gasteiger charge is -2.16. The summed E-state index contributed by atoms with van der Waals surface area (Å²) < 4.78 is 39.5. The molecule has 0 atom stereocenters. The lowest BCUT2D eigenvalue weighted by atomic mass is 9.94. The van der Waals surface area contributed by atoms with Gasteiger partial charge in [0.2, 0.25) is 0 Å². The molecule has 0 bridgehead atoms. The van der Waals surface area contributed by atoms with Crippen molar-refractivity contribution < 1.29 is 18.4 Å². The summed E-state index contributed by atoms with van der Waals surface area (Å²) in [6.07, 6.45) is 1.35. The van der Waals surface area contributed by atoms with Gasteiger partial charge in [0, 0.05) is 5.56 Å². The number of hydrogen-bond donors (Lipinski definition) is 2. The van der Waals surface area contributed by atoms with Crippen LogP contribution in [-0.4, -0.2) is 11.0 Å². The zero-order chi connectivity index (χ0) is 15.5. The normalized spacial score (nSPS) is 17.4. The number of benzene rings is 1. The highest BCUT2D eigenvalue weighted by Gasteiger charge is 2.33. The molecular formula is C15H19F3N2O. The van der Waals surface area contributed by atoms with E-state index in [4.69, 9.17) is 10.9 Å². The van der Waals surface area contributed by atoms with Crippen LogP contribution in [0.1, 0.15) is 48.8 Å². The molecule has 1 fully saturated rings. The summed E-state index contributed by atoms with van der Waals surface area (Å²) in [5, 5.41) is 11.3. The number of rotatable bonds is 4. The Bertz CT molecular complexity index is 520. The molecule has 0 heterocycles. The first kappa shape index (κ1) is 15.7. The first-order valence-corrected chi connectivity index (χ1v) is 7.10. The Kier molecular flexibility index (Phi) is 4.75. The molecule has 1 aromatic carbocycles. The summed E-state index contributed by atoms with van der Waals surface area (Å²) in [4.78, 5) is 0. The second kappa shape index (κ2) is 6.37. The minimum absolute atomic E-state index is 0.0782. The fraction of sp³-hybridized carbons (Fsp3) is 0.533. The second-order valence-electron chi connectivity index (χ2n) is 5.54. The molecule has 3 nitrogen and oxygen atoms in total. The van der Waals surface area contributed by atoms with Crippen molar-refractivity contribution >= 4 is 5.84 Å². The number of aryl methyl sites for hydroxylation is 1. The third-order valence-corrected chi connectivity index (χ3v) is 4.12. The predicted octanol–water partition coefficient (Wildman–Crippen LogP) is 3.92. The van der Waals surface area contributed by atoms with Gasteiger partial charge in [-0.1, -0.05) is 43.0 Å². The highest BCUT2D eigenvalue weighted by Crippen LogP contribution is 2.35. The molecule has 21 heavy (non-hydrogen) atoms. The van der Waals surface area contributed by atoms with E-state index in [1.165, 1.54) is 25.0 Å². The van der Waals surface area contributed by atoms with Gasteiger partial charge < -0.3 is 10.9 Å². The Morgan fingerprint density at radius 3 is 2.52 bits per heavy atom. The Morgan fingerprint density at radius 2 is 1.95 bits per heavy atom. The van der Waals surface area contributed by atoms with E-state index in [-0.39, 0.29) is 17.0 Å². The molecule has 0 aromatic heterocycles. The third kappa shape index (κ3) is 3.89. The van der Waals surface area contributed by atoms with Crippen molar-refractivity contribution in [1.29, 1.82) is 0 Å². The minimum Gasteiger partial charge on any atom is -0.409 e. The van der Waals surface area contributed by atoms with Gasteiger partial charge >= 0.3 is 6.18 Å². The maximum atomic E-state index is 13.2. The third-order valence-electron chi connectivity index (χ3n) is 4.12. The molecule has 2 rings (SSSR count). The van der Waals surface area contributed by atoms with Crippen molar-refractivity contribution in [3.63, 3.8) is 0 Å². The second-order valence-corrected chi connectivity index (χ2v) is 5.54. The molecule has 0 radical (unpaired) electrons. The maximum Gasteiger partial charge on any atom is 0.416 e. The first-order chi connectivity index (χ1) is 9.91. The van der Waals surface area contributed by atoms with E-state index < -0.39 is 11.7 Å². The monoisotopic (exact) mass is 300 g/mol. The zero-order valence-corrected chi connectivity index (χ0v) is 11.7. The van der Waals surface area contributed by atoms with Crippen molar-refractivity contribution in [2.75, 3.05) is 0 Å². The topological polar surface area (TPSA) is 58.6 Å². The highest BCUT2D eigenvalue weighted by atomic mass is 19.4. The number of alkyl halides is 3. The lowest BCUT2D eigenvalue weighted by Crippen LogP contribution is -2.17. The van der Waals surface area contributed by atoms with Crippen LogP contribution in [0.4, 0.5) is 13.2 Å². The number of hydrogen-bond acceptors (Lipinski definition) is 2. The Morgan fingerprint density at radius 1 is 1.29 bits per heavy atom.